The van der Waals surface area contributed by atoms with Crippen LogP contribution in [0.2, 0.25) is 0 Å². The smallest absolute Gasteiger partial charge is 0.329 e. The lowest BCUT2D eigenvalue weighted by atomic mass is 9.87. The summed E-state index contributed by atoms with van der Waals surface area (Å²) in [4.78, 5) is 76.7. The number of piperidine rings is 2. The number of aromatic nitrogens is 5. The number of halogens is 1. The largest absolute Gasteiger partial charge is 0.369 e. The summed E-state index contributed by atoms with van der Waals surface area (Å²) >= 11 is 0. The van der Waals surface area contributed by atoms with Gasteiger partial charge in [-0.3, -0.25) is 43.2 Å². The highest BCUT2D eigenvalue weighted by molar-refractivity contribution is 6.04. The highest BCUT2D eigenvalue weighted by Gasteiger charge is 2.33. The maximum atomic E-state index is 16.8. The van der Waals surface area contributed by atoms with Gasteiger partial charge < -0.3 is 19.7 Å². The number of amides is 4. The number of fused-ring (bicyclic) bond motifs is 2. The summed E-state index contributed by atoms with van der Waals surface area (Å²) in [6.07, 6.45) is 8.54. The van der Waals surface area contributed by atoms with Gasteiger partial charge in [0.1, 0.15) is 11.7 Å². The fourth-order valence-electron chi connectivity index (χ4n) is 10.6. The van der Waals surface area contributed by atoms with Crippen LogP contribution >= 0.6 is 0 Å². The summed E-state index contributed by atoms with van der Waals surface area (Å²) in [5, 5.41) is 7.28. The van der Waals surface area contributed by atoms with E-state index in [4.69, 9.17) is 0 Å². The molecule has 65 heavy (non-hydrogen) atoms. The van der Waals surface area contributed by atoms with Crippen molar-refractivity contribution >= 4 is 51.3 Å². The second-order valence-corrected chi connectivity index (χ2v) is 18.1. The van der Waals surface area contributed by atoms with Gasteiger partial charge in [-0.25, -0.2) is 9.18 Å². The molecule has 0 spiro atoms. The van der Waals surface area contributed by atoms with Crippen molar-refractivity contribution in [2.24, 2.45) is 7.05 Å². The van der Waals surface area contributed by atoms with E-state index in [-0.39, 0.29) is 41.6 Å². The third kappa shape index (κ3) is 8.24. The van der Waals surface area contributed by atoms with Crippen molar-refractivity contribution in [2.45, 2.75) is 69.9 Å². The van der Waals surface area contributed by atoms with Crippen LogP contribution in [0, 0.1) is 5.82 Å². The molecular weight excluding hydrogens is 828 g/mol. The lowest BCUT2D eigenvalue weighted by molar-refractivity contribution is -0.136. The van der Waals surface area contributed by atoms with E-state index < -0.39 is 11.9 Å². The number of carbonyl (C=O) groups excluding carboxylic acids is 4. The number of para-hydroxylation sites is 1. The Hall–Kier alpha value is -6.55. The summed E-state index contributed by atoms with van der Waals surface area (Å²) in [5.41, 5.74) is 6.44. The number of H-pyrrole nitrogens is 1. The lowest BCUT2D eigenvalue weighted by Gasteiger charge is -2.36. The standard InChI is InChI=1S/C49H55FN10O5/c1-54-46-33(7-4-9-40(46)60(49(54)65)41-14-15-42(61)53-47(41)63)16-23-55-25-27-56(28-26-55)35-12-10-32(11-13-35)36-29-37(34-8-5-21-58(31-34)43(62)17-24-59-22-6-18-51-59)44(50)45-38(36)30-39(52-45)48(64)57-19-2-3-20-57/h4,6-7,9-13,18,22,29-30,34,41,52H,2-3,5,8,14-17,19-21,23-28,31H2,1H3,(H,53,61,63)/t34-,41?/m0/s1. The number of imide groups is 1. The van der Waals surface area contributed by atoms with Gasteiger partial charge in [-0.15, -0.1) is 0 Å². The molecule has 338 valence electrons. The molecule has 0 radical (unpaired) electrons. The summed E-state index contributed by atoms with van der Waals surface area (Å²) < 4.78 is 21.7. The zero-order chi connectivity index (χ0) is 44.8. The Kier molecular flexibility index (Phi) is 11.6. The van der Waals surface area contributed by atoms with Crippen molar-refractivity contribution in [2.75, 3.05) is 63.8 Å². The number of hydrogen-bond acceptors (Lipinski definition) is 8. The maximum Gasteiger partial charge on any atom is 0.329 e. The molecular formula is C49H55FN10O5. The molecule has 4 aliphatic rings. The summed E-state index contributed by atoms with van der Waals surface area (Å²) in [5.74, 6) is -1.39. The van der Waals surface area contributed by atoms with Gasteiger partial charge in [0.25, 0.3) is 5.91 Å². The molecule has 0 aliphatic carbocycles. The average molecular weight is 883 g/mol. The number of likely N-dealkylation sites (tertiary alicyclic amines) is 2. The zero-order valence-corrected chi connectivity index (χ0v) is 36.8. The van der Waals surface area contributed by atoms with Crippen LogP contribution in [0.5, 0.6) is 0 Å². The van der Waals surface area contributed by atoms with Crippen LogP contribution in [0.3, 0.4) is 0 Å². The van der Waals surface area contributed by atoms with Gasteiger partial charge in [0.15, 0.2) is 5.82 Å². The number of nitrogens with zero attached hydrogens (tertiary/aromatic N) is 8. The van der Waals surface area contributed by atoms with E-state index in [0.717, 1.165) is 92.7 Å². The van der Waals surface area contributed by atoms with Crippen molar-refractivity contribution in [1.29, 1.82) is 0 Å². The molecule has 10 rings (SSSR count). The van der Waals surface area contributed by atoms with Gasteiger partial charge in [0.05, 0.1) is 16.6 Å². The van der Waals surface area contributed by atoms with Crippen molar-refractivity contribution in [3.63, 3.8) is 0 Å². The Balaban J connectivity index is 0.846. The van der Waals surface area contributed by atoms with Crippen LogP contribution in [0.25, 0.3) is 33.1 Å². The number of nitrogens with one attached hydrogen (secondary N) is 2. The molecule has 4 fully saturated rings. The first kappa shape index (κ1) is 42.4. The lowest BCUT2D eigenvalue weighted by Crippen LogP contribution is -2.47. The van der Waals surface area contributed by atoms with Crippen LogP contribution in [0.1, 0.15) is 78.5 Å². The topological polar surface area (TPSA) is 154 Å². The Morgan fingerprint density at radius 3 is 2.40 bits per heavy atom. The molecule has 3 aromatic carbocycles. The monoisotopic (exact) mass is 882 g/mol. The molecule has 4 aliphatic heterocycles. The molecule has 15 nitrogen and oxygen atoms in total. The fourth-order valence-corrected chi connectivity index (χ4v) is 10.6. The SMILES string of the molecule is Cn1c(=O)n(C2CCC(=O)NC2=O)c2cccc(CCN3CCN(c4ccc(-c5cc([C@H]6CCCN(C(=O)CCn7cccn7)C6)c(F)c6[nH]c(C(=O)N7CCCC7)cc56)cc4)CC3)c21. The molecule has 0 saturated carbocycles. The number of anilines is 1. The van der Waals surface area contributed by atoms with Crippen molar-refractivity contribution in [3.05, 3.63) is 106 Å². The van der Waals surface area contributed by atoms with E-state index in [1.165, 1.54) is 4.57 Å². The van der Waals surface area contributed by atoms with Crippen LogP contribution < -0.4 is 15.9 Å². The number of carbonyl (C=O) groups is 4. The number of aryl methyl sites for hydroxylation is 2. The molecule has 7 heterocycles. The van der Waals surface area contributed by atoms with Crippen LogP contribution in [-0.4, -0.2) is 121 Å². The van der Waals surface area contributed by atoms with Gasteiger partial charge in [-0.1, -0.05) is 24.3 Å². The van der Waals surface area contributed by atoms with Gasteiger partial charge in [0.2, 0.25) is 17.7 Å². The second-order valence-electron chi connectivity index (χ2n) is 18.1. The van der Waals surface area contributed by atoms with E-state index in [1.54, 1.807) is 22.5 Å². The summed E-state index contributed by atoms with van der Waals surface area (Å²) in [6, 6.07) is 19.2. The minimum absolute atomic E-state index is 0.0340. The van der Waals surface area contributed by atoms with Gasteiger partial charge in [-0.05, 0) is 97.2 Å². The van der Waals surface area contributed by atoms with Crippen LogP contribution in [0.4, 0.5) is 10.1 Å². The summed E-state index contributed by atoms with van der Waals surface area (Å²) in [7, 11) is 1.74. The molecule has 2 atom stereocenters. The van der Waals surface area contributed by atoms with E-state index in [2.05, 4.69) is 49.5 Å². The molecule has 1 unspecified atom stereocenters. The zero-order valence-electron chi connectivity index (χ0n) is 36.8. The molecule has 3 aromatic heterocycles. The average Bonchev–Trinajstić information content (AvgIpc) is 4.17. The number of imidazole rings is 1. The molecule has 2 N–H and O–H groups in total. The maximum absolute atomic E-state index is 16.8. The normalized spacial score (nSPS) is 19.8. The molecule has 4 saturated heterocycles. The minimum Gasteiger partial charge on any atom is -0.369 e. The van der Waals surface area contributed by atoms with Crippen molar-refractivity contribution < 1.29 is 23.6 Å². The van der Waals surface area contributed by atoms with E-state index >= 15 is 4.39 Å². The van der Waals surface area contributed by atoms with Crippen molar-refractivity contribution in [3.8, 4) is 11.1 Å². The Morgan fingerprint density at radius 1 is 0.862 bits per heavy atom. The predicted octanol–water partition coefficient (Wildman–Crippen LogP) is 5.20. The fraction of sp³-hybridized carbons (Fsp3) is 0.429. The molecule has 6 aromatic rings. The van der Waals surface area contributed by atoms with E-state index in [9.17, 15) is 24.0 Å². The number of benzene rings is 3. The second kappa shape index (κ2) is 17.8. The number of hydrogen-bond donors (Lipinski definition) is 2. The number of piperazine rings is 1. The predicted molar refractivity (Wildman–Crippen MR) is 245 cm³/mol. The number of rotatable bonds is 11. The van der Waals surface area contributed by atoms with Gasteiger partial charge in [0, 0.05) is 115 Å². The highest BCUT2D eigenvalue weighted by atomic mass is 19.1. The molecule has 4 amide bonds. The highest BCUT2D eigenvalue weighted by Crippen LogP contribution is 2.39. The van der Waals surface area contributed by atoms with Crippen LogP contribution in [0.15, 0.2) is 77.9 Å². The first-order valence-electron chi connectivity index (χ1n) is 23.1. The van der Waals surface area contributed by atoms with E-state index in [0.29, 0.717) is 73.2 Å². The first-order valence-corrected chi connectivity index (χ1v) is 23.1. The summed E-state index contributed by atoms with van der Waals surface area (Å²) in [6.45, 7) is 7.13. The van der Waals surface area contributed by atoms with Gasteiger partial charge >= 0.3 is 5.69 Å². The van der Waals surface area contributed by atoms with Crippen LogP contribution in [-0.2, 0) is 34.4 Å². The first-order chi connectivity index (χ1) is 31.6. The van der Waals surface area contributed by atoms with Crippen molar-refractivity contribution in [1.82, 2.24) is 43.9 Å². The Labute approximate surface area is 375 Å². The third-order valence-corrected chi connectivity index (χ3v) is 14.2. The quantitative estimate of drug-likeness (QED) is 0.169. The third-order valence-electron chi connectivity index (χ3n) is 14.2. The molecule has 16 heteroatoms. The Bertz CT molecular complexity index is 2830. The Morgan fingerprint density at radius 2 is 1.65 bits per heavy atom. The molecule has 0 bridgehead atoms. The van der Waals surface area contributed by atoms with E-state index in [1.807, 2.05) is 52.4 Å². The number of aromatic amines is 1. The minimum atomic E-state index is -0.720. The van der Waals surface area contributed by atoms with Gasteiger partial charge in [-0.2, -0.15) is 5.10 Å².